The van der Waals surface area contributed by atoms with Gasteiger partial charge in [0.05, 0.1) is 5.97 Å². The number of phenolic OH excluding ortho intramolecular Hbond substituents is 1. The zero-order chi connectivity index (χ0) is 20.4. The van der Waals surface area contributed by atoms with Crippen molar-refractivity contribution in [2.75, 3.05) is 0 Å². The van der Waals surface area contributed by atoms with E-state index < -0.39 is 36.7 Å². The third-order valence-electron chi connectivity index (χ3n) is 4.83. The van der Waals surface area contributed by atoms with Gasteiger partial charge in [0.1, 0.15) is 35.9 Å². The van der Waals surface area contributed by atoms with E-state index in [0.717, 1.165) is 11.1 Å². The summed E-state index contributed by atoms with van der Waals surface area (Å²) in [6.07, 6.45) is -8.52. The minimum absolute atomic E-state index is 0. The van der Waals surface area contributed by atoms with Crippen molar-refractivity contribution < 1.29 is 69.4 Å². The molecule has 0 saturated carbocycles. The smallest absolute Gasteiger partial charge is 0.547 e. The maximum atomic E-state index is 11.0. The Bertz CT molecular complexity index is 810. The summed E-state index contributed by atoms with van der Waals surface area (Å²) in [5.74, 6) is -1.20. The van der Waals surface area contributed by atoms with Crippen molar-refractivity contribution in [1.82, 2.24) is 0 Å². The van der Waals surface area contributed by atoms with Gasteiger partial charge in [-0.3, -0.25) is 0 Å². The summed E-state index contributed by atoms with van der Waals surface area (Å²) in [5.41, 5.74) is 1.97. The fourth-order valence-corrected chi connectivity index (χ4v) is 3.06. The molecule has 1 fully saturated rings. The minimum Gasteiger partial charge on any atom is -0.547 e. The molecule has 0 amide bonds. The van der Waals surface area contributed by atoms with Gasteiger partial charge in [0.25, 0.3) is 0 Å². The van der Waals surface area contributed by atoms with Gasteiger partial charge in [-0.25, -0.2) is 0 Å². The number of aliphatic carboxylic acids is 1. The van der Waals surface area contributed by atoms with Gasteiger partial charge in [-0.1, -0.05) is 31.2 Å². The van der Waals surface area contributed by atoms with Gasteiger partial charge in [-0.05, 0) is 35.4 Å². The molecular formula is C20H21NaO8. The van der Waals surface area contributed by atoms with E-state index in [1.54, 1.807) is 36.4 Å². The van der Waals surface area contributed by atoms with Gasteiger partial charge in [0.15, 0.2) is 0 Å². The Morgan fingerprint density at radius 1 is 0.966 bits per heavy atom. The Morgan fingerprint density at radius 3 is 2.00 bits per heavy atom. The Kier molecular flexibility index (Phi) is 8.07. The first kappa shape index (κ1) is 23.6. The van der Waals surface area contributed by atoms with Gasteiger partial charge in [-0.15, -0.1) is 0 Å². The number of benzene rings is 2. The molecule has 150 valence electrons. The third kappa shape index (κ3) is 5.29. The molecule has 0 aliphatic carbocycles. The fraction of sp³-hybridized carbons (Fsp3) is 0.350. The number of carboxylic acids is 1. The summed E-state index contributed by atoms with van der Waals surface area (Å²) in [7, 11) is 0. The predicted octanol–water partition coefficient (Wildman–Crippen LogP) is -3.52. The van der Waals surface area contributed by atoms with Crippen molar-refractivity contribution >= 4 is 5.97 Å². The van der Waals surface area contributed by atoms with Crippen LogP contribution in [0.5, 0.6) is 11.5 Å². The normalized spacial score (nSPS) is 27.5. The maximum absolute atomic E-state index is 11.0. The van der Waals surface area contributed by atoms with E-state index in [-0.39, 0.29) is 47.0 Å². The van der Waals surface area contributed by atoms with E-state index >= 15 is 0 Å². The van der Waals surface area contributed by atoms with E-state index in [0.29, 0.717) is 0 Å². The number of carboxylic acid groups (broad SMARTS) is 1. The fourth-order valence-electron chi connectivity index (χ4n) is 3.06. The number of ether oxygens (including phenoxy) is 2. The molecule has 2 aromatic carbocycles. The van der Waals surface area contributed by atoms with Crippen molar-refractivity contribution in [3.05, 3.63) is 59.7 Å². The van der Waals surface area contributed by atoms with E-state index in [1.165, 1.54) is 0 Å². The molecule has 6 atom stereocenters. The summed E-state index contributed by atoms with van der Waals surface area (Å²) in [5, 5.41) is 49.9. The predicted molar refractivity (Wildman–Crippen MR) is 94.4 cm³/mol. The molecule has 3 rings (SSSR count). The molecule has 4 N–H and O–H groups in total. The van der Waals surface area contributed by atoms with E-state index in [1.807, 2.05) is 19.1 Å². The molecule has 0 radical (unpaired) electrons. The van der Waals surface area contributed by atoms with Gasteiger partial charge in [0.2, 0.25) is 6.29 Å². The van der Waals surface area contributed by atoms with Crippen LogP contribution in [-0.2, 0) is 9.53 Å². The quantitative estimate of drug-likeness (QED) is 0.371. The molecule has 8 nitrogen and oxygen atoms in total. The Hall–Kier alpha value is -1.65. The zero-order valence-electron chi connectivity index (χ0n) is 16.0. The number of phenols is 1. The second-order valence-electron chi connectivity index (χ2n) is 6.72. The molecule has 0 spiro atoms. The van der Waals surface area contributed by atoms with Crippen molar-refractivity contribution in [3.63, 3.8) is 0 Å². The molecule has 9 heteroatoms. The first-order chi connectivity index (χ1) is 13.3. The van der Waals surface area contributed by atoms with Crippen LogP contribution in [0.25, 0.3) is 0 Å². The zero-order valence-corrected chi connectivity index (χ0v) is 18.0. The number of carbonyl (C=O) groups excluding carboxylic acids is 1. The number of hydrogen-bond donors (Lipinski definition) is 4. The summed E-state index contributed by atoms with van der Waals surface area (Å²) in [6, 6.07) is 13.7. The second-order valence-corrected chi connectivity index (χ2v) is 6.72. The van der Waals surface area contributed by atoms with Crippen LogP contribution in [0.4, 0.5) is 0 Å². The van der Waals surface area contributed by atoms with Gasteiger partial charge in [-0.2, -0.15) is 0 Å². The van der Waals surface area contributed by atoms with Crippen LogP contribution in [0.2, 0.25) is 0 Å². The molecule has 1 saturated heterocycles. The Labute approximate surface area is 189 Å². The summed E-state index contributed by atoms with van der Waals surface area (Å²) < 4.78 is 10.5. The Balaban J connectivity index is 0.00000300. The van der Waals surface area contributed by atoms with Gasteiger partial charge in [0, 0.05) is 5.92 Å². The molecule has 29 heavy (non-hydrogen) atoms. The number of aromatic hydroxyl groups is 1. The summed E-state index contributed by atoms with van der Waals surface area (Å²) in [6.45, 7) is 2.00. The number of aliphatic hydroxyl groups is 3. The van der Waals surface area contributed by atoms with E-state index in [9.17, 15) is 30.3 Å². The maximum Gasteiger partial charge on any atom is 1.00 e. The number of rotatable bonds is 5. The molecule has 1 aliphatic rings. The average molecular weight is 412 g/mol. The molecular weight excluding hydrogens is 391 g/mol. The van der Waals surface area contributed by atoms with Crippen LogP contribution in [0.15, 0.2) is 48.5 Å². The second kappa shape index (κ2) is 9.90. The topological polar surface area (TPSA) is 140 Å². The van der Waals surface area contributed by atoms with E-state index in [4.69, 9.17) is 9.47 Å². The van der Waals surface area contributed by atoms with Crippen LogP contribution in [-0.4, -0.2) is 57.1 Å². The van der Waals surface area contributed by atoms with Crippen LogP contribution in [0.1, 0.15) is 24.0 Å². The molecule has 1 heterocycles. The number of hydrogen-bond acceptors (Lipinski definition) is 8. The van der Waals surface area contributed by atoms with Crippen LogP contribution in [0, 0.1) is 0 Å². The molecule has 1 unspecified atom stereocenters. The molecule has 2 aromatic rings. The summed E-state index contributed by atoms with van der Waals surface area (Å²) >= 11 is 0. The summed E-state index contributed by atoms with van der Waals surface area (Å²) in [4.78, 5) is 11.0. The molecule has 0 aromatic heterocycles. The van der Waals surface area contributed by atoms with Crippen LogP contribution < -0.4 is 39.4 Å². The number of carbonyl (C=O) groups is 1. The first-order valence-corrected chi connectivity index (χ1v) is 8.74. The molecule has 1 aliphatic heterocycles. The van der Waals surface area contributed by atoms with Crippen molar-refractivity contribution in [2.45, 2.75) is 43.5 Å². The van der Waals surface area contributed by atoms with Crippen molar-refractivity contribution in [3.8, 4) is 11.5 Å². The van der Waals surface area contributed by atoms with Crippen LogP contribution >= 0.6 is 0 Å². The van der Waals surface area contributed by atoms with Crippen molar-refractivity contribution in [1.29, 1.82) is 0 Å². The third-order valence-corrected chi connectivity index (χ3v) is 4.83. The van der Waals surface area contributed by atoms with E-state index in [2.05, 4.69) is 0 Å². The monoisotopic (exact) mass is 412 g/mol. The van der Waals surface area contributed by atoms with Gasteiger partial charge < -0.3 is 39.8 Å². The SMILES string of the molecule is CC(c1ccc(O)cc1)c1ccc(O[C@@H]2O[C@H](C(=O)[O-])[C@@H](O)[C@H](O)[C@H]2O)cc1.[Na+]. The Morgan fingerprint density at radius 2 is 1.48 bits per heavy atom. The van der Waals surface area contributed by atoms with Crippen molar-refractivity contribution in [2.24, 2.45) is 0 Å². The number of aliphatic hydroxyl groups excluding tert-OH is 3. The standard InChI is InChI=1S/C20H22O8.Na/c1-10(11-2-6-13(21)7-3-11)12-4-8-14(9-5-12)27-20-17(24)15(22)16(23)18(28-20)19(25)26;/h2-10,15-18,20-24H,1H3,(H,25,26);/q;+1/p-1/t10?,15-,16-,17+,18-,20+;/m0./s1. The largest absolute Gasteiger partial charge is 1.00 e. The first-order valence-electron chi connectivity index (χ1n) is 8.74. The van der Waals surface area contributed by atoms with Gasteiger partial charge >= 0.3 is 29.6 Å². The minimum atomic E-state index is -1.83. The average Bonchev–Trinajstić information content (AvgIpc) is 2.68. The molecule has 0 bridgehead atoms. The van der Waals surface area contributed by atoms with Crippen LogP contribution in [0.3, 0.4) is 0 Å².